The topological polar surface area (TPSA) is 60.0 Å². The number of hydrogen-bond acceptors (Lipinski definition) is 3. The third-order valence-electron chi connectivity index (χ3n) is 4.26. The maximum Gasteiger partial charge on any atom is 0.243 e. The zero-order valence-corrected chi connectivity index (χ0v) is 14.0. The largest absolute Gasteiger partial charge is 0.353 e. The molecule has 0 aromatic carbocycles. The van der Waals surface area contributed by atoms with E-state index in [1.807, 2.05) is 0 Å². The first kappa shape index (κ1) is 16.8. The van der Waals surface area contributed by atoms with Crippen LogP contribution in [0.3, 0.4) is 0 Å². The molecule has 0 aromatic heterocycles. The van der Waals surface area contributed by atoms with Crippen molar-refractivity contribution in [3.63, 3.8) is 0 Å². The number of rotatable bonds is 6. The highest BCUT2D eigenvalue weighted by atomic mass is 16.2. The Labute approximate surface area is 133 Å². The lowest BCUT2D eigenvalue weighted by atomic mass is 10.2. The fourth-order valence-corrected chi connectivity index (χ4v) is 2.88. The van der Waals surface area contributed by atoms with E-state index in [4.69, 9.17) is 0 Å². The lowest BCUT2D eigenvalue weighted by molar-refractivity contribution is -0.127. The molecule has 1 aliphatic carbocycles. The van der Waals surface area contributed by atoms with Gasteiger partial charge in [0.05, 0.1) is 0 Å². The van der Waals surface area contributed by atoms with Crippen molar-refractivity contribution in [3.8, 4) is 0 Å². The van der Waals surface area contributed by atoms with Crippen LogP contribution >= 0.6 is 0 Å². The van der Waals surface area contributed by atoms with Crippen LogP contribution in [0.1, 0.15) is 26.2 Å². The first-order valence-corrected chi connectivity index (χ1v) is 8.13. The molecule has 0 aromatic rings. The van der Waals surface area contributed by atoms with Crippen molar-refractivity contribution < 1.29 is 4.79 Å². The van der Waals surface area contributed by atoms with E-state index >= 15 is 0 Å². The fourth-order valence-electron chi connectivity index (χ4n) is 2.88. The molecule has 2 atom stereocenters. The van der Waals surface area contributed by atoms with Crippen molar-refractivity contribution in [2.45, 2.75) is 44.3 Å². The van der Waals surface area contributed by atoms with E-state index in [1.165, 1.54) is 12.8 Å². The van der Waals surface area contributed by atoms with Crippen LogP contribution in [0.15, 0.2) is 17.6 Å². The summed E-state index contributed by atoms with van der Waals surface area (Å²) in [5, 5.41) is 6.66. The Kier molecular flexibility index (Phi) is 5.83. The summed E-state index contributed by atoms with van der Waals surface area (Å²) in [4.78, 5) is 20.2. The minimum atomic E-state index is -0.000833. The molecule has 0 radical (unpaired) electrons. The second kappa shape index (κ2) is 7.63. The van der Waals surface area contributed by atoms with E-state index in [2.05, 4.69) is 34.0 Å². The number of carbonyl (C=O) groups is 1. The number of nitrogens with one attached hydrogen (secondary N) is 2. The molecule has 0 spiro atoms. The molecule has 22 heavy (non-hydrogen) atoms. The summed E-state index contributed by atoms with van der Waals surface area (Å²) in [5.74, 6) is 0.698. The highest BCUT2D eigenvalue weighted by Gasteiger charge is 2.38. The Morgan fingerprint density at radius 1 is 1.45 bits per heavy atom. The standard InChI is InChI=1S/C16H29N5O/c1-5-8-17-16(18-10-15(22)20(3)4)19-13-9-12(2)21(11-13)14-6-7-14/h5,12-14H,1,6-11H2,2-4H3,(H2,17,18,19). The summed E-state index contributed by atoms with van der Waals surface area (Å²) in [6.07, 6.45) is 5.58. The van der Waals surface area contributed by atoms with Gasteiger partial charge in [-0.1, -0.05) is 6.08 Å². The van der Waals surface area contributed by atoms with Gasteiger partial charge in [-0.25, -0.2) is 4.99 Å². The predicted octanol–water partition coefficient (Wildman–Crippen LogP) is 0.421. The molecule has 0 bridgehead atoms. The smallest absolute Gasteiger partial charge is 0.243 e. The molecule has 2 fully saturated rings. The molecular formula is C16H29N5O. The lowest BCUT2D eigenvalue weighted by Gasteiger charge is -2.20. The van der Waals surface area contributed by atoms with Gasteiger partial charge in [-0.15, -0.1) is 6.58 Å². The Morgan fingerprint density at radius 3 is 2.77 bits per heavy atom. The number of aliphatic imine (C=N–C) groups is 1. The van der Waals surface area contributed by atoms with E-state index in [0.29, 0.717) is 24.6 Å². The highest BCUT2D eigenvalue weighted by molar-refractivity contribution is 5.85. The third kappa shape index (κ3) is 4.73. The second-order valence-electron chi connectivity index (χ2n) is 6.48. The number of carbonyl (C=O) groups excluding carboxylic acids is 1. The van der Waals surface area contributed by atoms with Gasteiger partial charge in [0.15, 0.2) is 5.96 Å². The van der Waals surface area contributed by atoms with Crippen LogP contribution < -0.4 is 10.6 Å². The van der Waals surface area contributed by atoms with Crippen molar-refractivity contribution in [1.82, 2.24) is 20.4 Å². The van der Waals surface area contributed by atoms with E-state index in [-0.39, 0.29) is 12.5 Å². The minimum Gasteiger partial charge on any atom is -0.353 e. The van der Waals surface area contributed by atoms with Gasteiger partial charge in [0, 0.05) is 45.3 Å². The maximum atomic E-state index is 11.7. The highest BCUT2D eigenvalue weighted by Crippen LogP contribution is 2.33. The first-order chi connectivity index (χ1) is 10.5. The second-order valence-corrected chi connectivity index (χ2v) is 6.48. The number of hydrogen-bond donors (Lipinski definition) is 2. The van der Waals surface area contributed by atoms with Crippen LogP contribution in [0.4, 0.5) is 0 Å². The number of guanidine groups is 1. The number of amides is 1. The van der Waals surface area contributed by atoms with Gasteiger partial charge in [-0.05, 0) is 26.2 Å². The maximum absolute atomic E-state index is 11.7. The van der Waals surface area contributed by atoms with Crippen molar-refractivity contribution in [2.75, 3.05) is 33.7 Å². The van der Waals surface area contributed by atoms with Crippen molar-refractivity contribution in [2.24, 2.45) is 4.99 Å². The zero-order chi connectivity index (χ0) is 16.1. The monoisotopic (exact) mass is 307 g/mol. The summed E-state index contributed by atoms with van der Waals surface area (Å²) in [6.45, 7) is 7.86. The molecule has 1 saturated heterocycles. The molecule has 2 aliphatic rings. The quantitative estimate of drug-likeness (QED) is 0.424. The van der Waals surface area contributed by atoms with E-state index < -0.39 is 0 Å². The SMILES string of the molecule is C=CCNC(=NCC(=O)N(C)C)NC1CC(C)N(C2CC2)C1. The molecule has 1 aliphatic heterocycles. The van der Waals surface area contributed by atoms with Crippen LogP contribution in [0, 0.1) is 0 Å². The van der Waals surface area contributed by atoms with Crippen molar-refractivity contribution in [1.29, 1.82) is 0 Å². The fraction of sp³-hybridized carbons (Fsp3) is 0.750. The molecule has 1 heterocycles. The number of likely N-dealkylation sites (tertiary alicyclic amines) is 1. The summed E-state index contributed by atoms with van der Waals surface area (Å²) in [7, 11) is 3.49. The molecule has 2 unspecified atom stereocenters. The van der Waals surface area contributed by atoms with Gasteiger partial charge in [0.2, 0.25) is 5.91 Å². The molecule has 2 N–H and O–H groups in total. The molecule has 6 nitrogen and oxygen atoms in total. The van der Waals surface area contributed by atoms with Crippen molar-refractivity contribution in [3.05, 3.63) is 12.7 Å². The summed E-state index contributed by atoms with van der Waals surface area (Å²) in [5.41, 5.74) is 0. The van der Waals surface area contributed by atoms with Gasteiger partial charge in [-0.2, -0.15) is 0 Å². The first-order valence-electron chi connectivity index (χ1n) is 8.13. The van der Waals surface area contributed by atoms with Gasteiger partial charge < -0.3 is 15.5 Å². The average Bonchev–Trinajstić information content (AvgIpc) is 3.25. The van der Waals surface area contributed by atoms with Gasteiger partial charge in [-0.3, -0.25) is 9.69 Å². The summed E-state index contributed by atoms with van der Waals surface area (Å²) < 4.78 is 0. The summed E-state index contributed by atoms with van der Waals surface area (Å²) >= 11 is 0. The number of likely N-dealkylation sites (N-methyl/N-ethyl adjacent to an activating group) is 1. The zero-order valence-electron chi connectivity index (χ0n) is 14.0. The molecule has 2 rings (SSSR count). The van der Waals surface area contributed by atoms with Crippen LogP contribution in [0.5, 0.6) is 0 Å². The Balaban J connectivity index is 1.89. The minimum absolute atomic E-state index is 0.000833. The van der Waals surface area contributed by atoms with Crippen LogP contribution in [0.25, 0.3) is 0 Å². The van der Waals surface area contributed by atoms with E-state index in [0.717, 1.165) is 19.0 Å². The summed E-state index contributed by atoms with van der Waals surface area (Å²) in [6, 6.07) is 1.80. The predicted molar refractivity (Wildman–Crippen MR) is 89.9 cm³/mol. The van der Waals surface area contributed by atoms with E-state index in [9.17, 15) is 4.79 Å². The third-order valence-corrected chi connectivity index (χ3v) is 4.26. The van der Waals surface area contributed by atoms with Gasteiger partial charge >= 0.3 is 0 Å². The Bertz CT molecular complexity index is 430. The Morgan fingerprint density at radius 2 is 2.18 bits per heavy atom. The van der Waals surface area contributed by atoms with Crippen LogP contribution in [-0.4, -0.2) is 73.5 Å². The van der Waals surface area contributed by atoms with Gasteiger partial charge in [0.1, 0.15) is 6.54 Å². The average molecular weight is 307 g/mol. The lowest BCUT2D eigenvalue weighted by Crippen LogP contribution is -2.45. The van der Waals surface area contributed by atoms with E-state index in [1.54, 1.807) is 25.1 Å². The normalized spacial score (nSPS) is 25.9. The molecular weight excluding hydrogens is 278 g/mol. The number of nitrogens with zero attached hydrogens (tertiary/aromatic N) is 3. The molecule has 1 amide bonds. The van der Waals surface area contributed by atoms with Crippen LogP contribution in [-0.2, 0) is 4.79 Å². The molecule has 1 saturated carbocycles. The van der Waals surface area contributed by atoms with Crippen molar-refractivity contribution >= 4 is 11.9 Å². The molecule has 6 heteroatoms. The molecule has 124 valence electrons. The van der Waals surface area contributed by atoms with Gasteiger partial charge in [0.25, 0.3) is 0 Å². The van der Waals surface area contributed by atoms with Crippen LogP contribution in [0.2, 0.25) is 0 Å². The Hall–Kier alpha value is -1.56.